The van der Waals surface area contributed by atoms with Crippen LogP contribution >= 0.6 is 12.2 Å². The summed E-state index contributed by atoms with van der Waals surface area (Å²) in [5.74, 6) is 0.847. The van der Waals surface area contributed by atoms with Gasteiger partial charge in [0.1, 0.15) is 18.9 Å². The van der Waals surface area contributed by atoms with Crippen LogP contribution in [0.2, 0.25) is 0 Å². The Morgan fingerprint density at radius 2 is 1.85 bits per heavy atom. The smallest absolute Gasteiger partial charge is 0.225 e. The Morgan fingerprint density at radius 1 is 1.12 bits per heavy atom. The molecule has 6 nitrogen and oxygen atoms in total. The minimum atomic E-state index is 0.514. The molecular formula is C19H22N5OS+. The first-order valence-corrected chi connectivity index (χ1v) is 8.80. The number of hydrogen-bond donors (Lipinski definition) is 1. The highest BCUT2D eigenvalue weighted by Gasteiger charge is 2.10. The first kappa shape index (κ1) is 18.0. The summed E-state index contributed by atoms with van der Waals surface area (Å²) in [7, 11) is 2.10. The van der Waals surface area contributed by atoms with Crippen molar-refractivity contribution in [1.82, 2.24) is 19.8 Å². The van der Waals surface area contributed by atoms with Crippen LogP contribution in [-0.2, 0) is 13.2 Å². The third-order valence-corrected chi connectivity index (χ3v) is 4.24. The molecule has 7 heteroatoms. The van der Waals surface area contributed by atoms with Crippen molar-refractivity contribution in [2.45, 2.75) is 13.2 Å². The van der Waals surface area contributed by atoms with Gasteiger partial charge in [-0.15, -0.1) is 0 Å². The molecule has 1 heterocycles. The van der Waals surface area contributed by atoms with Crippen LogP contribution in [0.1, 0.15) is 5.56 Å². The molecule has 0 amide bonds. The van der Waals surface area contributed by atoms with Crippen LogP contribution in [0.15, 0.2) is 67.3 Å². The second-order valence-electron chi connectivity index (χ2n) is 6.04. The number of ether oxygens (including phenoxy) is 1. The maximum absolute atomic E-state index is 5.51. The van der Waals surface area contributed by atoms with Crippen LogP contribution in [-0.4, -0.2) is 33.4 Å². The lowest BCUT2D eigenvalue weighted by Crippen LogP contribution is -3.07. The number of aromatic nitrogens is 4. The Labute approximate surface area is 157 Å². The fourth-order valence-electron chi connectivity index (χ4n) is 2.62. The molecule has 0 saturated carbocycles. The van der Waals surface area contributed by atoms with Crippen molar-refractivity contribution in [3.05, 3.63) is 77.6 Å². The zero-order chi connectivity index (χ0) is 18.4. The monoisotopic (exact) mass is 368 g/mol. The van der Waals surface area contributed by atoms with E-state index in [9.17, 15) is 0 Å². The summed E-state index contributed by atoms with van der Waals surface area (Å²) in [6.45, 7) is 5.65. The number of nitrogens with zero attached hydrogens (tertiary/aromatic N) is 4. The molecule has 1 N–H and O–H groups in total. The second-order valence-corrected chi connectivity index (χ2v) is 6.41. The molecule has 1 atom stereocenters. The van der Waals surface area contributed by atoms with Crippen molar-refractivity contribution in [3.63, 3.8) is 0 Å². The summed E-state index contributed by atoms with van der Waals surface area (Å²) in [6, 6.07) is 17.9. The molecule has 3 aromatic rings. The van der Waals surface area contributed by atoms with Gasteiger partial charge < -0.3 is 9.64 Å². The minimum absolute atomic E-state index is 0.514. The fourth-order valence-corrected chi connectivity index (χ4v) is 2.87. The number of hydrogen-bond acceptors (Lipinski definition) is 4. The lowest BCUT2D eigenvalue weighted by Gasteiger charge is -2.13. The van der Waals surface area contributed by atoms with Crippen LogP contribution in [0.3, 0.4) is 0 Å². The van der Waals surface area contributed by atoms with Gasteiger partial charge in [-0.3, -0.25) is 0 Å². The molecule has 1 aromatic heterocycles. The van der Waals surface area contributed by atoms with E-state index in [-0.39, 0.29) is 0 Å². The molecular weight excluding hydrogens is 346 g/mol. The molecule has 3 rings (SSSR count). The van der Waals surface area contributed by atoms with Crippen LogP contribution < -0.4 is 9.64 Å². The van der Waals surface area contributed by atoms with E-state index >= 15 is 0 Å². The average molecular weight is 368 g/mol. The van der Waals surface area contributed by atoms with E-state index in [0.29, 0.717) is 18.0 Å². The van der Waals surface area contributed by atoms with E-state index < -0.39 is 0 Å². The number of rotatable bonds is 8. The van der Waals surface area contributed by atoms with Gasteiger partial charge in [-0.1, -0.05) is 30.9 Å². The Hall–Kier alpha value is -2.77. The van der Waals surface area contributed by atoms with Gasteiger partial charge in [0, 0.05) is 5.56 Å². The van der Waals surface area contributed by atoms with Crippen molar-refractivity contribution in [2.24, 2.45) is 0 Å². The van der Waals surface area contributed by atoms with E-state index in [1.807, 2.05) is 42.5 Å². The topological polar surface area (TPSA) is 49.3 Å². The SMILES string of the molecule is C=CCOc1ccc(C[NH+](C)Cn2nnn(-c3ccccc3)c2=S)cc1. The van der Waals surface area contributed by atoms with Crippen LogP contribution in [0.4, 0.5) is 0 Å². The summed E-state index contributed by atoms with van der Waals surface area (Å²) in [5, 5.41) is 8.37. The zero-order valence-corrected chi connectivity index (χ0v) is 15.5. The Bertz CT molecular complexity index is 902. The van der Waals surface area contributed by atoms with Crippen molar-refractivity contribution in [3.8, 4) is 11.4 Å². The quantitative estimate of drug-likeness (QED) is 0.488. The van der Waals surface area contributed by atoms with Crippen molar-refractivity contribution in [1.29, 1.82) is 0 Å². The number of quaternary nitrogens is 1. The Morgan fingerprint density at radius 3 is 2.54 bits per heavy atom. The molecule has 0 aliphatic rings. The Kier molecular flexibility index (Phi) is 5.93. The van der Waals surface area contributed by atoms with E-state index in [2.05, 4.69) is 36.2 Å². The van der Waals surface area contributed by atoms with Gasteiger partial charge in [-0.2, -0.15) is 9.36 Å². The number of nitrogens with one attached hydrogen (secondary N) is 1. The number of para-hydroxylation sites is 1. The number of tetrazole rings is 1. The van der Waals surface area contributed by atoms with Gasteiger partial charge >= 0.3 is 0 Å². The minimum Gasteiger partial charge on any atom is -0.490 e. The molecule has 0 fully saturated rings. The van der Waals surface area contributed by atoms with E-state index in [1.54, 1.807) is 15.4 Å². The third kappa shape index (κ3) is 4.44. The maximum Gasteiger partial charge on any atom is 0.225 e. The van der Waals surface area contributed by atoms with E-state index in [1.165, 1.54) is 10.5 Å². The third-order valence-electron chi connectivity index (χ3n) is 3.86. The summed E-state index contributed by atoms with van der Waals surface area (Å²) in [6.07, 6.45) is 1.73. The highest BCUT2D eigenvalue weighted by Crippen LogP contribution is 2.11. The number of benzene rings is 2. The lowest BCUT2D eigenvalue weighted by molar-refractivity contribution is -0.917. The molecule has 134 valence electrons. The van der Waals surface area contributed by atoms with E-state index in [0.717, 1.165) is 18.0 Å². The molecule has 0 aliphatic heterocycles. The first-order chi connectivity index (χ1) is 12.7. The normalized spacial score (nSPS) is 11.9. The van der Waals surface area contributed by atoms with Crippen molar-refractivity contribution < 1.29 is 9.64 Å². The molecule has 1 unspecified atom stereocenters. The first-order valence-electron chi connectivity index (χ1n) is 8.39. The van der Waals surface area contributed by atoms with E-state index in [4.69, 9.17) is 17.0 Å². The Balaban J connectivity index is 1.63. The predicted molar refractivity (Wildman–Crippen MR) is 103 cm³/mol. The van der Waals surface area contributed by atoms with Crippen molar-refractivity contribution >= 4 is 12.2 Å². The fraction of sp³-hybridized carbons (Fsp3) is 0.211. The average Bonchev–Trinajstić information content (AvgIpc) is 3.02. The van der Waals surface area contributed by atoms with Gasteiger partial charge in [0.25, 0.3) is 0 Å². The summed E-state index contributed by atoms with van der Waals surface area (Å²) in [4.78, 5) is 1.25. The highest BCUT2D eigenvalue weighted by atomic mass is 32.1. The summed E-state index contributed by atoms with van der Waals surface area (Å²) >= 11 is 5.51. The summed E-state index contributed by atoms with van der Waals surface area (Å²) < 4.78 is 9.52. The van der Waals surface area contributed by atoms with Gasteiger partial charge in [0.05, 0.1) is 12.7 Å². The summed E-state index contributed by atoms with van der Waals surface area (Å²) in [5.41, 5.74) is 2.13. The maximum atomic E-state index is 5.51. The predicted octanol–water partition coefficient (Wildman–Crippen LogP) is 2.04. The standard InChI is InChI=1S/C19H21N5OS/c1-3-13-25-18-11-9-16(10-12-18)14-22(2)15-23-19(26)24(21-20-23)17-7-5-4-6-8-17/h3-12H,1,13-15H2,2H3/p+1. The highest BCUT2D eigenvalue weighted by molar-refractivity contribution is 7.71. The molecule has 0 radical (unpaired) electrons. The molecule has 0 bridgehead atoms. The molecule has 26 heavy (non-hydrogen) atoms. The lowest BCUT2D eigenvalue weighted by atomic mass is 10.2. The van der Waals surface area contributed by atoms with Crippen LogP contribution in [0.5, 0.6) is 5.75 Å². The molecule has 0 aliphatic carbocycles. The molecule has 2 aromatic carbocycles. The van der Waals surface area contributed by atoms with Gasteiger partial charge in [0.15, 0.2) is 6.67 Å². The van der Waals surface area contributed by atoms with Gasteiger partial charge in [-0.05, 0) is 59.0 Å². The van der Waals surface area contributed by atoms with Gasteiger partial charge in [-0.25, -0.2) is 0 Å². The van der Waals surface area contributed by atoms with Crippen LogP contribution in [0.25, 0.3) is 5.69 Å². The second kappa shape index (κ2) is 8.55. The van der Waals surface area contributed by atoms with Gasteiger partial charge in [0.2, 0.25) is 4.77 Å². The largest absolute Gasteiger partial charge is 0.490 e. The zero-order valence-electron chi connectivity index (χ0n) is 14.7. The molecule has 0 spiro atoms. The van der Waals surface area contributed by atoms with Crippen molar-refractivity contribution in [2.75, 3.05) is 13.7 Å². The molecule has 0 saturated heterocycles. The van der Waals surface area contributed by atoms with Crippen LogP contribution in [0, 0.1) is 4.77 Å².